The highest BCUT2D eigenvalue weighted by atomic mass is 19.1. The van der Waals surface area contributed by atoms with Crippen molar-refractivity contribution < 1.29 is 19.0 Å². The number of amidine groups is 1. The molecule has 9 heteroatoms. The summed E-state index contributed by atoms with van der Waals surface area (Å²) < 4.78 is 19.5. The first-order valence-electron chi connectivity index (χ1n) is 10.9. The summed E-state index contributed by atoms with van der Waals surface area (Å²) >= 11 is 0. The predicted molar refractivity (Wildman–Crippen MR) is 129 cm³/mol. The fraction of sp³-hybridized carbons (Fsp3) is 0.154. The van der Waals surface area contributed by atoms with Gasteiger partial charge >= 0.3 is 6.09 Å². The molecule has 1 aromatic heterocycles. The predicted octanol–water partition coefficient (Wildman–Crippen LogP) is 3.75. The molecule has 176 valence electrons. The van der Waals surface area contributed by atoms with E-state index >= 15 is 0 Å². The standard InChI is InChI=1S/C26H21FN4O4/c1-35-26(34)29-24-12-17-5-4-16(11-22(17)28-24)19-8-14(3-7-21(19)27)10-23-20-9-15(13-32)2-6-18(20)25(33)31-30-23/h2-9,11,32H,10,12-13H2,1H3,(H,31,33)(H,28,29,34). The Bertz CT molecular complexity index is 1560. The highest BCUT2D eigenvalue weighted by Crippen LogP contribution is 2.33. The summed E-state index contributed by atoms with van der Waals surface area (Å²) in [4.78, 5) is 28.1. The molecule has 0 aliphatic carbocycles. The lowest BCUT2D eigenvalue weighted by molar-refractivity contribution is 0.176. The van der Waals surface area contributed by atoms with Crippen molar-refractivity contribution in [2.45, 2.75) is 19.4 Å². The number of methoxy groups -OCH3 is 1. The zero-order valence-corrected chi connectivity index (χ0v) is 18.8. The number of nitrogens with zero attached hydrogens (tertiary/aromatic N) is 2. The number of aromatic amines is 1. The molecule has 2 heterocycles. The smallest absolute Gasteiger partial charge is 0.412 e. The highest BCUT2D eigenvalue weighted by molar-refractivity contribution is 6.01. The van der Waals surface area contributed by atoms with Crippen molar-refractivity contribution in [1.29, 1.82) is 0 Å². The van der Waals surface area contributed by atoms with E-state index < -0.39 is 6.09 Å². The van der Waals surface area contributed by atoms with E-state index in [1.165, 1.54) is 13.2 Å². The van der Waals surface area contributed by atoms with E-state index in [0.29, 0.717) is 57.5 Å². The average molecular weight is 472 g/mol. The number of nitrogens with one attached hydrogen (secondary N) is 2. The monoisotopic (exact) mass is 472 g/mol. The van der Waals surface area contributed by atoms with Crippen molar-refractivity contribution in [1.82, 2.24) is 15.5 Å². The van der Waals surface area contributed by atoms with Gasteiger partial charge in [-0.25, -0.2) is 19.3 Å². The van der Waals surface area contributed by atoms with E-state index in [0.717, 1.165) is 11.1 Å². The van der Waals surface area contributed by atoms with Crippen LogP contribution >= 0.6 is 0 Å². The zero-order chi connectivity index (χ0) is 24.5. The summed E-state index contributed by atoms with van der Waals surface area (Å²) in [5.41, 5.74) is 4.40. The third kappa shape index (κ3) is 4.41. The summed E-state index contributed by atoms with van der Waals surface area (Å²) in [5, 5.41) is 19.9. The highest BCUT2D eigenvalue weighted by Gasteiger charge is 2.18. The van der Waals surface area contributed by atoms with Gasteiger partial charge in [-0.3, -0.25) is 10.1 Å². The Morgan fingerprint density at radius 2 is 1.94 bits per heavy atom. The summed E-state index contributed by atoms with van der Waals surface area (Å²) in [5.74, 6) is 0.0851. The summed E-state index contributed by atoms with van der Waals surface area (Å²) in [6.45, 7) is -0.152. The van der Waals surface area contributed by atoms with Crippen LogP contribution in [-0.2, 0) is 24.2 Å². The molecule has 1 amide bonds. The maximum Gasteiger partial charge on any atom is 0.412 e. The molecule has 1 aliphatic heterocycles. The normalized spacial score (nSPS) is 12.4. The van der Waals surface area contributed by atoms with E-state index in [9.17, 15) is 19.1 Å². The van der Waals surface area contributed by atoms with Crippen molar-refractivity contribution >= 4 is 28.4 Å². The van der Waals surface area contributed by atoms with Gasteiger partial charge in [0, 0.05) is 23.8 Å². The van der Waals surface area contributed by atoms with Crippen molar-refractivity contribution in [3.63, 3.8) is 0 Å². The van der Waals surface area contributed by atoms with Crippen LogP contribution in [0, 0.1) is 5.82 Å². The fourth-order valence-electron chi connectivity index (χ4n) is 4.19. The number of carbonyl (C=O) groups excluding carboxylic acids is 1. The van der Waals surface area contributed by atoms with Gasteiger partial charge in [-0.2, -0.15) is 5.10 Å². The Balaban J connectivity index is 1.49. The van der Waals surface area contributed by atoms with Gasteiger partial charge in [0.15, 0.2) is 0 Å². The van der Waals surface area contributed by atoms with Crippen LogP contribution in [0.1, 0.15) is 22.4 Å². The summed E-state index contributed by atoms with van der Waals surface area (Å²) in [6, 6.07) is 15.4. The molecule has 0 spiro atoms. The molecule has 5 rings (SSSR count). The van der Waals surface area contributed by atoms with Gasteiger partial charge in [0.1, 0.15) is 11.7 Å². The van der Waals surface area contributed by atoms with Crippen LogP contribution < -0.4 is 10.9 Å². The number of carbonyl (C=O) groups is 1. The van der Waals surface area contributed by atoms with Gasteiger partial charge in [-0.05, 0) is 52.6 Å². The average Bonchev–Trinajstić information content (AvgIpc) is 3.27. The molecule has 35 heavy (non-hydrogen) atoms. The Hall–Kier alpha value is -4.37. The lowest BCUT2D eigenvalue weighted by Crippen LogP contribution is -2.30. The molecular weight excluding hydrogens is 451 g/mol. The number of aliphatic hydroxyl groups excluding tert-OH is 1. The van der Waals surface area contributed by atoms with Crippen molar-refractivity contribution in [3.05, 3.63) is 93.2 Å². The minimum atomic E-state index is -0.593. The van der Waals surface area contributed by atoms with Crippen LogP contribution in [0.25, 0.3) is 21.9 Å². The number of hydrogen-bond donors (Lipinski definition) is 3. The van der Waals surface area contributed by atoms with Gasteiger partial charge in [0.2, 0.25) is 0 Å². The van der Waals surface area contributed by atoms with Gasteiger partial charge in [0.25, 0.3) is 5.56 Å². The number of rotatable bonds is 4. The molecule has 8 nitrogen and oxygen atoms in total. The number of alkyl carbamates (subject to hydrolysis) is 1. The Morgan fingerprint density at radius 3 is 2.74 bits per heavy atom. The van der Waals surface area contributed by atoms with Crippen molar-refractivity contribution in [2.24, 2.45) is 4.99 Å². The van der Waals surface area contributed by atoms with Crippen molar-refractivity contribution in [3.8, 4) is 11.1 Å². The zero-order valence-electron chi connectivity index (χ0n) is 18.8. The minimum absolute atomic E-state index is 0.152. The fourth-order valence-corrected chi connectivity index (χ4v) is 4.19. The van der Waals surface area contributed by atoms with E-state index in [1.807, 2.05) is 12.1 Å². The maximum atomic E-state index is 14.8. The van der Waals surface area contributed by atoms with Crippen LogP contribution in [0.15, 0.2) is 64.4 Å². The van der Waals surface area contributed by atoms with E-state index in [1.54, 1.807) is 36.4 Å². The van der Waals surface area contributed by atoms with Gasteiger partial charge in [0.05, 0.1) is 30.5 Å². The number of aromatic nitrogens is 2. The number of ether oxygens (including phenoxy) is 1. The number of benzene rings is 3. The lowest BCUT2D eigenvalue weighted by Gasteiger charge is -2.10. The van der Waals surface area contributed by atoms with E-state index in [4.69, 9.17) is 0 Å². The largest absolute Gasteiger partial charge is 0.453 e. The Labute approximate surface area is 199 Å². The SMILES string of the molecule is COC(=O)NC1=Nc2cc(-c3cc(Cc4n[nH]c(=O)c5ccc(CO)cc45)ccc3F)ccc2C1. The Kier molecular flexibility index (Phi) is 5.84. The van der Waals surface area contributed by atoms with Crippen LogP contribution in [0.2, 0.25) is 0 Å². The van der Waals surface area contributed by atoms with Crippen LogP contribution in [-0.4, -0.2) is 34.3 Å². The Morgan fingerprint density at radius 1 is 1.11 bits per heavy atom. The molecule has 0 bridgehead atoms. The van der Waals surface area contributed by atoms with Gasteiger partial charge in [-0.15, -0.1) is 0 Å². The number of amides is 1. The number of halogens is 1. The van der Waals surface area contributed by atoms with Crippen LogP contribution in [0.5, 0.6) is 0 Å². The second-order valence-corrected chi connectivity index (χ2v) is 8.22. The number of aliphatic hydroxyl groups is 1. The maximum absolute atomic E-state index is 14.8. The lowest BCUT2D eigenvalue weighted by atomic mass is 9.97. The molecule has 1 aliphatic rings. The summed E-state index contributed by atoms with van der Waals surface area (Å²) in [6.07, 6.45) is 0.213. The number of aliphatic imine (C=N–C) groups is 1. The second-order valence-electron chi connectivity index (χ2n) is 8.22. The first kappa shape index (κ1) is 22.4. The summed E-state index contributed by atoms with van der Waals surface area (Å²) in [7, 11) is 1.28. The molecule has 0 unspecified atom stereocenters. The van der Waals surface area contributed by atoms with Crippen LogP contribution in [0.4, 0.5) is 14.9 Å². The molecule has 4 aromatic rings. The van der Waals surface area contributed by atoms with Crippen LogP contribution in [0.3, 0.4) is 0 Å². The molecule has 0 atom stereocenters. The molecule has 0 saturated carbocycles. The molecule has 0 fully saturated rings. The molecule has 0 radical (unpaired) electrons. The molecule has 3 N–H and O–H groups in total. The first-order chi connectivity index (χ1) is 16.9. The molecule has 0 saturated heterocycles. The second kappa shape index (κ2) is 9.11. The third-order valence-electron chi connectivity index (χ3n) is 5.96. The number of hydrogen-bond acceptors (Lipinski definition) is 6. The topological polar surface area (TPSA) is 117 Å². The van der Waals surface area contributed by atoms with E-state index in [-0.39, 0.29) is 18.0 Å². The molecular formula is C26H21FN4O4. The quantitative estimate of drug-likeness (QED) is 0.418. The third-order valence-corrected chi connectivity index (χ3v) is 5.96. The number of fused-ring (bicyclic) bond motifs is 2. The van der Waals surface area contributed by atoms with E-state index in [2.05, 4.69) is 25.2 Å². The molecule has 3 aromatic carbocycles. The van der Waals surface area contributed by atoms with Gasteiger partial charge in [-0.1, -0.05) is 24.3 Å². The van der Waals surface area contributed by atoms with Crippen molar-refractivity contribution in [2.75, 3.05) is 7.11 Å². The van der Waals surface area contributed by atoms with Gasteiger partial charge < -0.3 is 9.84 Å². The first-order valence-corrected chi connectivity index (χ1v) is 10.9. The number of H-pyrrole nitrogens is 1. The minimum Gasteiger partial charge on any atom is -0.453 e.